The van der Waals surface area contributed by atoms with Crippen molar-refractivity contribution in [2.45, 2.75) is 182 Å². The van der Waals surface area contributed by atoms with Crippen LogP contribution >= 0.6 is 23.5 Å². The molecule has 0 saturated carbocycles. The molecule has 0 spiro atoms. The number of nitrogen functional groups attached to an aromatic ring is 3. The number of anilines is 3. The van der Waals surface area contributed by atoms with E-state index in [-0.39, 0.29) is 70.2 Å². The Hall–Kier alpha value is -10.1. The Balaban J connectivity index is 0.000000159. The maximum absolute atomic E-state index is 13.1. The number of carbonyl (C=O) groups is 1. The fraction of sp³-hybridized carbons (Fsp3) is 0.590. The molecule has 670 valence electrons. The number of phosphoric acid groups is 3. The number of nitrogens with one attached hydrogen (secondary N) is 3. The summed E-state index contributed by atoms with van der Waals surface area (Å²) < 4.78 is 115. The lowest BCUT2D eigenvalue weighted by Crippen LogP contribution is -2.38. The molecule has 0 bridgehead atoms. The number of phosphoric ester groups is 3. The van der Waals surface area contributed by atoms with Gasteiger partial charge in [0.05, 0.1) is 64.2 Å². The molecule has 6 saturated heterocycles. The van der Waals surface area contributed by atoms with Gasteiger partial charge in [-0.05, 0) is 27.2 Å². The number of ether oxygens (including phenoxy) is 7. The number of aryl methyl sites for hydroxylation is 3. The van der Waals surface area contributed by atoms with Gasteiger partial charge in [-0.25, -0.2) is 77.7 Å². The minimum Gasteiger partial charge on any atom is -0.443 e. The van der Waals surface area contributed by atoms with Crippen molar-refractivity contribution >= 4 is 80.9 Å². The van der Waals surface area contributed by atoms with Crippen molar-refractivity contribution in [1.82, 2.24) is 107 Å². The van der Waals surface area contributed by atoms with E-state index >= 15 is 0 Å². The van der Waals surface area contributed by atoms with Crippen LogP contribution in [0.1, 0.15) is 81.0 Å². The third-order valence-corrected chi connectivity index (χ3v) is 22.6. The number of aliphatic hydroxyl groups is 8. The van der Waals surface area contributed by atoms with E-state index in [2.05, 4.69) is 74.8 Å². The molecule has 9 unspecified atom stereocenters. The van der Waals surface area contributed by atoms with Crippen LogP contribution in [0.4, 0.5) is 22.6 Å². The zero-order valence-electron chi connectivity index (χ0n) is 64.7. The molecule has 6 aliphatic rings. The van der Waals surface area contributed by atoms with Crippen LogP contribution in [0.2, 0.25) is 0 Å². The Labute approximate surface area is 684 Å². The van der Waals surface area contributed by atoms with Crippen molar-refractivity contribution in [3.63, 3.8) is 0 Å². The highest BCUT2D eigenvalue weighted by Gasteiger charge is 2.54. The number of hydrogen-bond acceptors (Lipinski definition) is 46. The van der Waals surface area contributed by atoms with Gasteiger partial charge in [0.2, 0.25) is 17.8 Å². The third kappa shape index (κ3) is 19.6. The summed E-state index contributed by atoms with van der Waals surface area (Å²) in [6.45, 7) is 2.90. The number of H-pyrrole nitrogens is 3. The third-order valence-electron chi connectivity index (χ3n) is 19.6. The number of imidazole rings is 3. The second-order valence-electron chi connectivity index (χ2n) is 28.2. The molecule has 0 aromatic carbocycles. The van der Waals surface area contributed by atoms with E-state index in [0.29, 0.717) is 17.9 Å². The molecule has 0 aliphatic carbocycles. The maximum Gasteiger partial charge on any atom is 0.472 e. The van der Waals surface area contributed by atoms with Gasteiger partial charge in [0, 0.05) is 26.9 Å². The van der Waals surface area contributed by atoms with Crippen LogP contribution < -0.4 is 50.9 Å². The van der Waals surface area contributed by atoms with E-state index in [4.69, 9.17) is 77.5 Å². The SMILES string of the molecule is CC[C@H]1O[C@@H](n2cnc3c(=O)[nH]c(C)nc32)CC1OP(=O)(O)OC[C@H]1O[C@@H](n2cnc(N)nc2=O)CC1OC(=O)N(C)C.Cc1nc2c(ncn2[C@@H]2O[C@H](CO)C(OP(=O)(O)OC[C@H]3O[C@@H](n4cnc(N)nc4=O)[C@@H](O)C3O)[C@@H]2O)c(=O)[nH]1.Cc1nc2c(ncn2[C@@H]2O[C@H](COP(=O)(O)OC3[C@@H](CO)O[C@@H](n4cnc(N)nc4=O)[C@H]3O)C(O)[C@@H]2O)c(=O)[nH]1. The predicted octanol–water partition coefficient (Wildman–Crippen LogP) is -7.72. The molecule has 6 fully saturated rings. The minimum atomic E-state index is -5.04. The van der Waals surface area contributed by atoms with E-state index in [1.165, 1.54) is 61.0 Å². The number of nitrogens with two attached hydrogens (primary N) is 3. The average Bonchev–Trinajstić information content (AvgIpc) is 1.60. The zero-order valence-corrected chi connectivity index (χ0v) is 67.4. The van der Waals surface area contributed by atoms with Crippen LogP contribution in [0.3, 0.4) is 0 Å². The van der Waals surface area contributed by atoms with Gasteiger partial charge in [0.15, 0.2) is 58.4 Å². The van der Waals surface area contributed by atoms with E-state index in [1.807, 2.05) is 6.92 Å². The Bertz CT molecular complexity index is 5890. The summed E-state index contributed by atoms with van der Waals surface area (Å²) in [5, 5.41) is 82.6. The molecule has 9 aromatic heterocycles. The van der Waals surface area contributed by atoms with E-state index in [9.17, 15) is 103 Å². The van der Waals surface area contributed by atoms with Crippen molar-refractivity contribution in [3.05, 3.63) is 118 Å². The highest BCUT2D eigenvalue weighted by atomic mass is 31.2. The van der Waals surface area contributed by atoms with Crippen LogP contribution in [0.5, 0.6) is 0 Å². The van der Waals surface area contributed by atoms with Crippen molar-refractivity contribution in [1.29, 1.82) is 0 Å². The zero-order chi connectivity index (χ0) is 88.9. The largest absolute Gasteiger partial charge is 0.472 e. The summed E-state index contributed by atoms with van der Waals surface area (Å²) in [4.78, 5) is 171. The Morgan fingerprint density at radius 1 is 0.447 bits per heavy atom. The molecule has 123 heavy (non-hydrogen) atoms. The highest BCUT2D eigenvalue weighted by molar-refractivity contribution is 7.48. The fourth-order valence-corrected chi connectivity index (χ4v) is 16.6. The number of nitrogens with zero attached hydrogens (tertiary/aromatic N) is 19. The van der Waals surface area contributed by atoms with Gasteiger partial charge in [-0.1, -0.05) is 6.92 Å². The van der Waals surface area contributed by atoms with Crippen molar-refractivity contribution in [3.8, 4) is 0 Å². The highest BCUT2D eigenvalue weighted by Crippen LogP contribution is 2.53. The summed E-state index contributed by atoms with van der Waals surface area (Å²) >= 11 is 0. The molecular weight excluding hydrogens is 1720 g/mol. The Morgan fingerprint density at radius 2 is 0.780 bits per heavy atom. The first-order chi connectivity index (χ1) is 58.1. The summed E-state index contributed by atoms with van der Waals surface area (Å²) in [6, 6.07) is 0. The molecule has 62 heteroatoms. The number of carbonyl (C=O) groups excluding carboxylic acids is 1. The number of fused-ring (bicyclic) bond motifs is 3. The number of hydrogen-bond donors (Lipinski definition) is 17. The number of aromatic nitrogens is 21. The van der Waals surface area contributed by atoms with E-state index < -0.39 is 231 Å². The Kier molecular flexibility index (Phi) is 27.0. The predicted molar refractivity (Wildman–Crippen MR) is 400 cm³/mol. The summed E-state index contributed by atoms with van der Waals surface area (Å²) in [5.74, 6) is 0.0292. The topological polar surface area (TPSA) is 826 Å². The molecule has 15 heterocycles. The monoisotopic (exact) mass is 1800 g/mol. The van der Waals surface area contributed by atoms with Gasteiger partial charge in [0.25, 0.3) is 16.7 Å². The molecule has 15 rings (SSSR count). The summed E-state index contributed by atoms with van der Waals surface area (Å²) in [7, 11) is -11.8. The van der Waals surface area contributed by atoms with Gasteiger partial charge in [-0.15, -0.1) is 0 Å². The van der Waals surface area contributed by atoms with Gasteiger partial charge >= 0.3 is 46.6 Å². The van der Waals surface area contributed by atoms with Gasteiger partial charge in [-0.3, -0.25) is 68.9 Å². The number of aromatic amines is 3. The number of aliphatic hydroxyl groups excluding tert-OH is 8. The molecular formula is C61H82N25O34P3. The van der Waals surface area contributed by atoms with Crippen molar-refractivity contribution in [2.24, 2.45) is 0 Å². The first kappa shape index (κ1) is 90.6. The van der Waals surface area contributed by atoms with Crippen LogP contribution in [-0.2, 0) is 74.0 Å². The molecule has 1 amide bonds. The molecule has 25 atom stereocenters. The Morgan fingerprint density at radius 3 is 1.19 bits per heavy atom. The van der Waals surface area contributed by atoms with E-state index in [0.717, 1.165) is 32.7 Å². The lowest BCUT2D eigenvalue weighted by atomic mass is 10.1. The second-order valence-corrected chi connectivity index (χ2v) is 32.5. The van der Waals surface area contributed by atoms with E-state index in [1.54, 1.807) is 11.5 Å². The van der Waals surface area contributed by atoms with Crippen LogP contribution in [0, 0.1) is 20.8 Å². The maximum atomic E-state index is 13.1. The second kappa shape index (κ2) is 36.6. The molecule has 0 radical (unpaired) electrons. The van der Waals surface area contributed by atoms with Crippen LogP contribution in [-0.4, -0.2) is 313 Å². The van der Waals surface area contributed by atoms with Gasteiger partial charge in [0.1, 0.15) is 134 Å². The molecule has 20 N–H and O–H groups in total. The van der Waals surface area contributed by atoms with Crippen LogP contribution in [0.15, 0.2) is 66.7 Å². The quantitative estimate of drug-likeness (QED) is 0.0236. The normalized spacial score (nSPS) is 30.3. The van der Waals surface area contributed by atoms with Crippen molar-refractivity contribution < 1.29 is 134 Å². The lowest BCUT2D eigenvalue weighted by molar-refractivity contribution is -0.0613. The first-order valence-corrected chi connectivity index (χ1v) is 41.1. The standard InChI is InChI=1S/C23H32N9O10P.2C19H25N8O12P/c1-5-12-14(7-16(39-12)31-9-25-18-19(31)27-11(2)28-20(18)33)42-43(36,37)38-8-15-13(41-23(35)30(3)4)6-17(40-15)32-10-26-21(24)29-22(32)34;1-6-23-14-9(15(32)24-6)21-4-26(14)17-12(31)13(7(2-28)37-17)39-40(34,35)36-3-8-10(29)11(30)16(38-8)27-5-22-18(20)25-19(27)33;1-6-23-14-9(15(32)24-6)21-4-26(14)16-11(30)10(29)8(38-16)3-36-40(34,35)39-13-7(2-28)37-17(12(13)31)27-5-22-18(20)25-19(27)33/h9-10,12-17H,5-8H2,1-4H3,(H,36,37)(H2,24,29,34)(H,27,28,33);2*4-5,7-8,10-13,16-17,28-31H,2-3H2,1H3,(H,34,35)(H2,20,25,33)(H,23,24,32)/t12-,13?,14?,15-,16-,17-;2*7-,8-,10?,11+,12+,13?,16-,17-/m111/s1. The molecule has 9 aromatic rings. The molecule has 6 aliphatic heterocycles. The average molecular weight is 1800 g/mol. The smallest absolute Gasteiger partial charge is 0.443 e. The molecule has 59 nitrogen and oxygen atoms in total. The van der Waals surface area contributed by atoms with Gasteiger partial charge in [-0.2, -0.15) is 15.0 Å². The summed E-state index contributed by atoms with van der Waals surface area (Å²) in [5.41, 5.74) is 12.5. The fourth-order valence-electron chi connectivity index (χ4n) is 13.7. The van der Waals surface area contributed by atoms with Crippen molar-refractivity contribution in [2.75, 3.05) is 64.3 Å². The lowest BCUT2D eigenvalue weighted by Gasteiger charge is -2.23. The first-order valence-electron chi connectivity index (χ1n) is 36.6. The summed E-state index contributed by atoms with van der Waals surface area (Å²) in [6.07, 6.45) is -22.7. The minimum absolute atomic E-state index is 0.00262. The number of amides is 1. The van der Waals surface area contributed by atoms with Gasteiger partial charge < -0.3 is 126 Å². The number of rotatable bonds is 25. The van der Waals surface area contributed by atoms with Crippen LogP contribution in [0.25, 0.3) is 33.5 Å².